The second kappa shape index (κ2) is 3.23. The van der Waals surface area contributed by atoms with Gasteiger partial charge in [-0.15, -0.1) is 0 Å². The lowest BCUT2D eigenvalue weighted by molar-refractivity contribution is 0.385. The second-order valence-electron chi connectivity index (χ2n) is 2.83. The van der Waals surface area contributed by atoms with Crippen molar-refractivity contribution in [2.75, 3.05) is 7.11 Å². The van der Waals surface area contributed by atoms with E-state index in [0.29, 0.717) is 0 Å². The first kappa shape index (κ1) is 9.45. The van der Waals surface area contributed by atoms with E-state index in [9.17, 15) is 9.50 Å². The van der Waals surface area contributed by atoms with Gasteiger partial charge in [-0.25, -0.2) is 4.39 Å². The zero-order valence-electron chi connectivity index (χ0n) is 7.73. The number of nitrogens with zero attached hydrogens (tertiary/aromatic N) is 2. The highest BCUT2D eigenvalue weighted by atomic mass is 19.1. The molecule has 0 amide bonds. The van der Waals surface area contributed by atoms with Crippen molar-refractivity contribution in [2.45, 2.75) is 0 Å². The third-order valence-electron chi connectivity index (χ3n) is 1.96. The standard InChI is InChI=1S/C9H7FN2O3/c1-15-5-3-2-4-7(6(5)10)11-9(14)12-8(4)13/h2-3H,1H3,(H2,11,12,13,14). The van der Waals surface area contributed by atoms with E-state index < -0.39 is 17.7 Å². The summed E-state index contributed by atoms with van der Waals surface area (Å²) in [4.78, 5) is 6.76. The number of aromatic nitrogens is 2. The van der Waals surface area contributed by atoms with Crippen molar-refractivity contribution in [1.29, 1.82) is 0 Å². The van der Waals surface area contributed by atoms with Crippen LogP contribution in [0.3, 0.4) is 0 Å². The summed E-state index contributed by atoms with van der Waals surface area (Å²) in [5.74, 6) is -1.23. The molecule has 15 heavy (non-hydrogen) atoms. The molecule has 1 aromatic heterocycles. The Kier molecular flexibility index (Phi) is 2.03. The highest BCUT2D eigenvalue weighted by Gasteiger charge is 2.13. The van der Waals surface area contributed by atoms with Gasteiger partial charge in [-0.1, -0.05) is 0 Å². The molecule has 0 unspecified atom stereocenters. The molecule has 0 aliphatic carbocycles. The van der Waals surface area contributed by atoms with Gasteiger partial charge >= 0.3 is 6.01 Å². The minimum atomic E-state index is -0.747. The van der Waals surface area contributed by atoms with Crippen LogP contribution >= 0.6 is 0 Å². The summed E-state index contributed by atoms with van der Waals surface area (Å²) in [5, 5.41) is 18.4. The minimum absolute atomic E-state index is 0.0139. The van der Waals surface area contributed by atoms with Crippen LogP contribution in [0.25, 0.3) is 10.9 Å². The Hall–Kier alpha value is -2.11. The van der Waals surface area contributed by atoms with E-state index in [-0.39, 0.29) is 16.7 Å². The van der Waals surface area contributed by atoms with E-state index in [4.69, 9.17) is 9.84 Å². The quantitative estimate of drug-likeness (QED) is 0.739. The average molecular weight is 210 g/mol. The van der Waals surface area contributed by atoms with Gasteiger partial charge in [0.15, 0.2) is 11.6 Å². The van der Waals surface area contributed by atoms with Crippen LogP contribution in [-0.2, 0) is 0 Å². The number of aromatic hydroxyl groups is 2. The smallest absolute Gasteiger partial charge is 0.317 e. The summed E-state index contributed by atoms with van der Waals surface area (Å²) in [6.07, 6.45) is 0. The fourth-order valence-corrected chi connectivity index (χ4v) is 1.27. The maximum Gasteiger partial charge on any atom is 0.317 e. The highest BCUT2D eigenvalue weighted by molar-refractivity contribution is 5.85. The van der Waals surface area contributed by atoms with Gasteiger partial charge in [-0.2, -0.15) is 9.97 Å². The van der Waals surface area contributed by atoms with Crippen molar-refractivity contribution in [3.05, 3.63) is 17.9 Å². The maximum atomic E-state index is 13.6. The lowest BCUT2D eigenvalue weighted by Gasteiger charge is -2.05. The summed E-state index contributed by atoms with van der Waals surface area (Å²) in [5.41, 5.74) is -0.181. The molecule has 0 radical (unpaired) electrons. The zero-order valence-corrected chi connectivity index (χ0v) is 7.73. The molecule has 5 nitrogen and oxygen atoms in total. The number of methoxy groups -OCH3 is 1. The number of ether oxygens (including phenoxy) is 1. The molecule has 0 atom stereocenters. The van der Waals surface area contributed by atoms with E-state index in [1.54, 1.807) is 0 Å². The van der Waals surface area contributed by atoms with Crippen LogP contribution in [0.15, 0.2) is 12.1 Å². The predicted octanol–water partition coefficient (Wildman–Crippen LogP) is 1.19. The molecule has 1 heterocycles. The van der Waals surface area contributed by atoms with Crippen LogP contribution in [0.5, 0.6) is 17.6 Å². The molecule has 0 aliphatic rings. The van der Waals surface area contributed by atoms with Crippen LogP contribution in [0.1, 0.15) is 0 Å². The lowest BCUT2D eigenvalue weighted by atomic mass is 10.2. The molecule has 0 fully saturated rings. The van der Waals surface area contributed by atoms with Crippen LogP contribution < -0.4 is 4.74 Å². The fourth-order valence-electron chi connectivity index (χ4n) is 1.27. The zero-order chi connectivity index (χ0) is 11.0. The van der Waals surface area contributed by atoms with Crippen molar-refractivity contribution in [2.24, 2.45) is 0 Å². The van der Waals surface area contributed by atoms with Gasteiger partial charge in [0.1, 0.15) is 5.52 Å². The van der Waals surface area contributed by atoms with Gasteiger partial charge in [0, 0.05) is 0 Å². The van der Waals surface area contributed by atoms with Gasteiger partial charge in [0.25, 0.3) is 0 Å². The third-order valence-corrected chi connectivity index (χ3v) is 1.96. The molecular weight excluding hydrogens is 203 g/mol. The van der Waals surface area contributed by atoms with E-state index >= 15 is 0 Å². The lowest BCUT2D eigenvalue weighted by Crippen LogP contribution is -1.93. The van der Waals surface area contributed by atoms with Crippen molar-refractivity contribution < 1.29 is 19.3 Å². The first-order chi connectivity index (χ1) is 7.13. The summed E-state index contributed by atoms with van der Waals surface area (Å²) in [6, 6.07) is 2.07. The van der Waals surface area contributed by atoms with E-state index in [1.165, 1.54) is 19.2 Å². The molecule has 1 aromatic carbocycles. The highest BCUT2D eigenvalue weighted by Crippen LogP contribution is 2.30. The monoisotopic (exact) mass is 210 g/mol. The summed E-state index contributed by atoms with van der Waals surface area (Å²) in [6.45, 7) is 0. The molecule has 2 N–H and O–H groups in total. The molecule has 78 valence electrons. The maximum absolute atomic E-state index is 13.6. The minimum Gasteiger partial charge on any atom is -0.494 e. The van der Waals surface area contributed by atoms with E-state index in [2.05, 4.69) is 9.97 Å². The predicted molar refractivity (Wildman–Crippen MR) is 49.4 cm³/mol. The molecule has 0 aliphatic heterocycles. The Morgan fingerprint density at radius 2 is 2.00 bits per heavy atom. The van der Waals surface area contributed by atoms with Crippen molar-refractivity contribution in [3.63, 3.8) is 0 Å². The van der Waals surface area contributed by atoms with Crippen molar-refractivity contribution in [1.82, 2.24) is 9.97 Å². The molecule has 2 aromatic rings. The largest absolute Gasteiger partial charge is 0.494 e. The first-order valence-electron chi connectivity index (χ1n) is 4.05. The Labute approximate surface area is 83.8 Å². The molecular formula is C9H7FN2O3. The van der Waals surface area contributed by atoms with E-state index in [0.717, 1.165) is 0 Å². The Morgan fingerprint density at radius 1 is 1.27 bits per heavy atom. The summed E-state index contributed by atoms with van der Waals surface area (Å²) < 4.78 is 18.3. The number of rotatable bonds is 1. The van der Waals surface area contributed by atoms with Gasteiger partial charge in [-0.3, -0.25) is 0 Å². The fraction of sp³-hybridized carbons (Fsp3) is 0.111. The topological polar surface area (TPSA) is 75.5 Å². The van der Waals surface area contributed by atoms with Crippen LogP contribution in [0.4, 0.5) is 4.39 Å². The number of hydrogen-bond donors (Lipinski definition) is 2. The molecule has 2 rings (SSSR count). The number of fused-ring (bicyclic) bond motifs is 1. The van der Waals surface area contributed by atoms with Gasteiger partial charge in [-0.05, 0) is 12.1 Å². The van der Waals surface area contributed by atoms with E-state index in [1.807, 2.05) is 0 Å². The number of halogens is 1. The molecule has 6 heteroatoms. The second-order valence-corrected chi connectivity index (χ2v) is 2.83. The Balaban J connectivity index is 2.86. The Morgan fingerprint density at radius 3 is 2.67 bits per heavy atom. The van der Waals surface area contributed by atoms with Crippen molar-refractivity contribution >= 4 is 10.9 Å². The Bertz CT molecular complexity index is 530. The van der Waals surface area contributed by atoms with Gasteiger partial charge < -0.3 is 14.9 Å². The first-order valence-corrected chi connectivity index (χ1v) is 4.05. The summed E-state index contributed by atoms with van der Waals surface area (Å²) in [7, 11) is 1.31. The van der Waals surface area contributed by atoms with Gasteiger partial charge in [0.05, 0.1) is 12.5 Å². The summed E-state index contributed by atoms with van der Waals surface area (Å²) >= 11 is 0. The van der Waals surface area contributed by atoms with Crippen LogP contribution in [-0.4, -0.2) is 27.3 Å². The molecule has 0 bridgehead atoms. The van der Waals surface area contributed by atoms with Gasteiger partial charge in [0.2, 0.25) is 5.88 Å². The molecule has 0 saturated heterocycles. The van der Waals surface area contributed by atoms with Crippen molar-refractivity contribution in [3.8, 4) is 17.6 Å². The number of benzene rings is 1. The van der Waals surface area contributed by atoms with Crippen LogP contribution in [0.2, 0.25) is 0 Å². The SMILES string of the molecule is COc1ccc2c(O)nc(O)nc2c1F. The van der Waals surface area contributed by atoms with Crippen LogP contribution in [0, 0.1) is 5.82 Å². The normalized spacial score (nSPS) is 10.5. The number of hydrogen-bond acceptors (Lipinski definition) is 5. The molecule has 0 spiro atoms. The molecule has 0 saturated carbocycles. The third kappa shape index (κ3) is 1.39. The average Bonchev–Trinajstić information content (AvgIpc) is 2.19.